The Balaban J connectivity index is 1.71. The fraction of sp³-hybridized carbons (Fsp3) is 0.556. The highest BCUT2D eigenvalue weighted by Crippen LogP contribution is 2.28. The predicted molar refractivity (Wildman–Crippen MR) is 96.3 cm³/mol. The van der Waals surface area contributed by atoms with Crippen molar-refractivity contribution in [2.45, 2.75) is 39.0 Å². The largest absolute Gasteiger partial charge is 0.383 e. The summed E-state index contributed by atoms with van der Waals surface area (Å²) >= 11 is 0. The molecule has 0 bridgehead atoms. The zero-order valence-electron chi connectivity index (χ0n) is 13.9. The number of aromatic nitrogens is 2. The van der Waals surface area contributed by atoms with Gasteiger partial charge in [-0.3, -0.25) is 0 Å². The van der Waals surface area contributed by atoms with E-state index in [4.69, 9.17) is 16.5 Å². The van der Waals surface area contributed by atoms with Gasteiger partial charge in [0, 0.05) is 11.9 Å². The lowest BCUT2D eigenvalue weighted by Gasteiger charge is -2.27. The van der Waals surface area contributed by atoms with Gasteiger partial charge in [0.15, 0.2) is 0 Å². The summed E-state index contributed by atoms with van der Waals surface area (Å²) in [6, 6.07) is 6.11. The highest BCUT2D eigenvalue weighted by Gasteiger charge is 2.20. The van der Waals surface area contributed by atoms with Gasteiger partial charge in [-0.25, -0.2) is 4.98 Å². The molecule has 0 saturated heterocycles. The SMILES string of the molecule is CCc1cccc2c(N)nc(NCC3CCC(CN)CC3)nc12. The Morgan fingerprint density at radius 2 is 1.87 bits per heavy atom. The van der Waals surface area contributed by atoms with Crippen LogP contribution in [-0.2, 0) is 6.42 Å². The van der Waals surface area contributed by atoms with Crippen LogP contribution in [0.4, 0.5) is 11.8 Å². The Bertz CT molecular complexity index is 662. The fourth-order valence-electron chi connectivity index (χ4n) is 3.51. The van der Waals surface area contributed by atoms with Crippen LogP contribution < -0.4 is 16.8 Å². The maximum Gasteiger partial charge on any atom is 0.225 e. The van der Waals surface area contributed by atoms with Crippen LogP contribution >= 0.6 is 0 Å². The van der Waals surface area contributed by atoms with Crippen LogP contribution in [0.1, 0.15) is 38.2 Å². The second kappa shape index (κ2) is 7.13. The summed E-state index contributed by atoms with van der Waals surface area (Å²) < 4.78 is 0. The lowest BCUT2D eigenvalue weighted by atomic mass is 9.82. The smallest absolute Gasteiger partial charge is 0.225 e. The number of nitrogens with two attached hydrogens (primary N) is 2. The predicted octanol–water partition coefficient (Wildman–Crippen LogP) is 2.95. The van der Waals surface area contributed by atoms with Gasteiger partial charge >= 0.3 is 0 Å². The number of nitrogens with zero attached hydrogens (tertiary/aromatic N) is 2. The Hall–Kier alpha value is -1.88. The van der Waals surface area contributed by atoms with Crippen LogP contribution in [0, 0.1) is 11.8 Å². The molecule has 1 aliphatic carbocycles. The molecule has 1 aromatic carbocycles. The van der Waals surface area contributed by atoms with Crippen LogP contribution in [0.15, 0.2) is 18.2 Å². The summed E-state index contributed by atoms with van der Waals surface area (Å²) in [7, 11) is 0. The number of benzene rings is 1. The van der Waals surface area contributed by atoms with Gasteiger partial charge in [-0.2, -0.15) is 4.98 Å². The van der Waals surface area contributed by atoms with Crippen molar-refractivity contribution in [3.8, 4) is 0 Å². The maximum absolute atomic E-state index is 6.12. The van der Waals surface area contributed by atoms with Crippen molar-refractivity contribution in [3.63, 3.8) is 0 Å². The molecule has 0 atom stereocenters. The van der Waals surface area contributed by atoms with Gasteiger partial charge in [-0.1, -0.05) is 19.1 Å². The second-order valence-electron chi connectivity index (χ2n) is 6.60. The zero-order valence-corrected chi connectivity index (χ0v) is 13.9. The Labute approximate surface area is 137 Å². The lowest BCUT2D eigenvalue weighted by molar-refractivity contribution is 0.289. The van der Waals surface area contributed by atoms with Crippen LogP contribution in [0.2, 0.25) is 0 Å². The number of aryl methyl sites for hydroxylation is 1. The first-order valence-electron chi connectivity index (χ1n) is 8.70. The molecule has 1 aliphatic rings. The van der Waals surface area contributed by atoms with Crippen molar-refractivity contribution >= 4 is 22.7 Å². The normalized spacial score (nSPS) is 21.5. The summed E-state index contributed by atoms with van der Waals surface area (Å²) in [6.07, 6.45) is 5.89. The molecular formula is C18H27N5. The van der Waals surface area contributed by atoms with Gasteiger partial charge in [0.1, 0.15) is 5.82 Å². The molecule has 23 heavy (non-hydrogen) atoms. The number of hydrogen-bond acceptors (Lipinski definition) is 5. The summed E-state index contributed by atoms with van der Waals surface area (Å²) in [5.41, 5.74) is 14.1. The van der Waals surface area contributed by atoms with Crippen molar-refractivity contribution in [2.24, 2.45) is 17.6 Å². The molecular weight excluding hydrogens is 286 g/mol. The highest BCUT2D eigenvalue weighted by molar-refractivity contribution is 5.91. The first-order valence-corrected chi connectivity index (χ1v) is 8.70. The third-order valence-electron chi connectivity index (χ3n) is 5.07. The Morgan fingerprint density at radius 3 is 2.57 bits per heavy atom. The molecule has 0 amide bonds. The molecule has 0 spiro atoms. The van der Waals surface area contributed by atoms with Crippen molar-refractivity contribution in [1.82, 2.24) is 9.97 Å². The molecule has 124 valence electrons. The van der Waals surface area contributed by atoms with E-state index in [0.717, 1.165) is 30.4 Å². The van der Waals surface area contributed by atoms with Gasteiger partial charge in [0.25, 0.3) is 0 Å². The summed E-state index contributed by atoms with van der Waals surface area (Å²) in [5.74, 6) is 2.60. The molecule has 1 aromatic heterocycles. The van der Waals surface area contributed by atoms with E-state index in [1.807, 2.05) is 12.1 Å². The van der Waals surface area contributed by atoms with Crippen molar-refractivity contribution in [1.29, 1.82) is 0 Å². The first-order chi connectivity index (χ1) is 11.2. The Kier molecular flexibility index (Phi) is 4.96. The third kappa shape index (κ3) is 3.55. The molecule has 3 rings (SSSR count). The van der Waals surface area contributed by atoms with Gasteiger partial charge in [0.2, 0.25) is 5.95 Å². The van der Waals surface area contributed by atoms with Crippen LogP contribution in [0.25, 0.3) is 10.9 Å². The average molecular weight is 313 g/mol. The molecule has 0 aliphatic heterocycles. The molecule has 0 unspecified atom stereocenters. The molecule has 5 nitrogen and oxygen atoms in total. The number of fused-ring (bicyclic) bond motifs is 1. The molecule has 5 N–H and O–H groups in total. The first kappa shape index (κ1) is 16.0. The molecule has 2 aromatic rings. The highest BCUT2D eigenvalue weighted by atomic mass is 15.1. The van der Waals surface area contributed by atoms with E-state index in [-0.39, 0.29) is 0 Å². The number of anilines is 2. The number of nitrogen functional groups attached to an aromatic ring is 1. The average Bonchev–Trinajstić information content (AvgIpc) is 2.60. The summed E-state index contributed by atoms with van der Waals surface area (Å²) in [5, 5.41) is 4.34. The van der Waals surface area contributed by atoms with Crippen molar-refractivity contribution in [3.05, 3.63) is 23.8 Å². The molecule has 1 heterocycles. The standard InChI is InChI=1S/C18H27N5/c1-2-14-4-3-5-15-16(14)22-18(23-17(15)20)21-11-13-8-6-12(10-19)7-9-13/h3-5,12-13H,2,6-11,19H2,1H3,(H3,20,21,22,23). The summed E-state index contributed by atoms with van der Waals surface area (Å²) in [4.78, 5) is 9.13. The van der Waals surface area contributed by atoms with Crippen LogP contribution in [0.5, 0.6) is 0 Å². The van der Waals surface area contributed by atoms with Crippen LogP contribution in [0.3, 0.4) is 0 Å². The number of para-hydroxylation sites is 1. The Morgan fingerprint density at radius 1 is 1.13 bits per heavy atom. The van der Waals surface area contributed by atoms with Gasteiger partial charge in [-0.15, -0.1) is 0 Å². The van der Waals surface area contributed by atoms with E-state index < -0.39 is 0 Å². The fourth-order valence-corrected chi connectivity index (χ4v) is 3.51. The molecule has 1 saturated carbocycles. The molecule has 1 fully saturated rings. The number of nitrogens with one attached hydrogen (secondary N) is 1. The topological polar surface area (TPSA) is 89.8 Å². The number of rotatable bonds is 5. The van der Waals surface area contributed by atoms with E-state index in [9.17, 15) is 0 Å². The van der Waals surface area contributed by atoms with Crippen molar-refractivity contribution in [2.75, 3.05) is 24.1 Å². The van der Waals surface area contributed by atoms with E-state index in [1.54, 1.807) is 0 Å². The van der Waals surface area contributed by atoms with Gasteiger partial charge < -0.3 is 16.8 Å². The maximum atomic E-state index is 6.12. The quantitative estimate of drug-likeness (QED) is 0.789. The van der Waals surface area contributed by atoms with Gasteiger partial charge in [-0.05, 0) is 62.1 Å². The second-order valence-corrected chi connectivity index (χ2v) is 6.60. The van der Waals surface area contributed by atoms with Gasteiger partial charge in [0.05, 0.1) is 5.52 Å². The monoisotopic (exact) mass is 313 g/mol. The number of hydrogen-bond donors (Lipinski definition) is 3. The van der Waals surface area contributed by atoms with E-state index in [1.165, 1.54) is 31.2 Å². The minimum absolute atomic E-state index is 0.555. The van der Waals surface area contributed by atoms with E-state index in [0.29, 0.717) is 23.6 Å². The van der Waals surface area contributed by atoms with Crippen LogP contribution in [-0.4, -0.2) is 23.1 Å². The minimum atomic E-state index is 0.555. The molecule has 5 heteroatoms. The zero-order chi connectivity index (χ0) is 16.2. The minimum Gasteiger partial charge on any atom is -0.383 e. The third-order valence-corrected chi connectivity index (χ3v) is 5.07. The summed E-state index contributed by atoms with van der Waals surface area (Å²) in [6.45, 7) is 3.87. The van der Waals surface area contributed by atoms with E-state index in [2.05, 4.69) is 23.3 Å². The van der Waals surface area contributed by atoms with E-state index >= 15 is 0 Å². The van der Waals surface area contributed by atoms with Crippen molar-refractivity contribution < 1.29 is 0 Å². The lowest BCUT2D eigenvalue weighted by Crippen LogP contribution is -2.25. The molecule has 0 radical (unpaired) electrons.